The maximum absolute atomic E-state index is 13.2. The lowest BCUT2D eigenvalue weighted by Crippen LogP contribution is -2.31. The number of nitrogens with one attached hydrogen (secondary N) is 1. The summed E-state index contributed by atoms with van der Waals surface area (Å²) in [4.78, 5) is 0.273. The maximum Gasteiger partial charge on any atom is 0.244 e. The molecule has 0 saturated carbocycles. The Balaban J connectivity index is 1.71. The van der Waals surface area contributed by atoms with Crippen molar-refractivity contribution in [1.82, 2.24) is 14.5 Å². The lowest BCUT2D eigenvalue weighted by Gasteiger charge is -2.26. The number of hydrogen-bond acceptors (Lipinski definition) is 3. The largest absolute Gasteiger partial charge is 0.244 e. The van der Waals surface area contributed by atoms with Gasteiger partial charge in [-0.15, -0.1) is 0 Å². The van der Waals surface area contributed by atoms with Gasteiger partial charge >= 0.3 is 0 Å². The van der Waals surface area contributed by atoms with E-state index in [1.54, 1.807) is 18.5 Å². The maximum atomic E-state index is 13.2. The number of nitrogens with zero attached hydrogens (tertiary/aromatic N) is 2. The fourth-order valence-electron chi connectivity index (χ4n) is 3.96. The van der Waals surface area contributed by atoms with Crippen molar-refractivity contribution in [3.8, 4) is 5.69 Å². The second-order valence-electron chi connectivity index (χ2n) is 7.01. The highest BCUT2D eigenvalue weighted by molar-refractivity contribution is 7.89. The zero-order valence-electron chi connectivity index (χ0n) is 15.5. The van der Waals surface area contributed by atoms with Crippen molar-refractivity contribution in [2.75, 3.05) is 0 Å². The minimum absolute atomic E-state index is 0.196. The van der Waals surface area contributed by atoms with E-state index in [4.69, 9.17) is 0 Å². The average Bonchev–Trinajstić information content (AvgIpc) is 2.97. The summed E-state index contributed by atoms with van der Waals surface area (Å²) in [5, 5.41) is 4.48. The van der Waals surface area contributed by atoms with Crippen molar-refractivity contribution < 1.29 is 8.42 Å². The summed E-state index contributed by atoms with van der Waals surface area (Å²) < 4.78 is 31.1. The van der Waals surface area contributed by atoms with Crippen molar-refractivity contribution in [2.24, 2.45) is 0 Å². The zero-order valence-corrected chi connectivity index (χ0v) is 16.3. The molecule has 0 aliphatic heterocycles. The molecule has 27 heavy (non-hydrogen) atoms. The Morgan fingerprint density at radius 3 is 2.52 bits per heavy atom. The van der Waals surface area contributed by atoms with Crippen molar-refractivity contribution in [1.29, 1.82) is 0 Å². The Bertz CT molecular complexity index is 1070. The molecule has 0 radical (unpaired) electrons. The highest BCUT2D eigenvalue weighted by atomic mass is 32.2. The van der Waals surface area contributed by atoms with Crippen LogP contribution < -0.4 is 4.72 Å². The van der Waals surface area contributed by atoms with Crippen molar-refractivity contribution in [3.63, 3.8) is 0 Å². The Morgan fingerprint density at radius 1 is 1.04 bits per heavy atom. The summed E-state index contributed by atoms with van der Waals surface area (Å²) in [6.45, 7) is 3.55. The molecule has 1 aliphatic carbocycles. The summed E-state index contributed by atoms with van der Waals surface area (Å²) in [6.07, 6.45) is 2.78. The molecule has 1 N–H and O–H groups in total. The van der Waals surface area contributed by atoms with Crippen LogP contribution in [0.4, 0.5) is 0 Å². The molecule has 1 aromatic heterocycles. The van der Waals surface area contributed by atoms with E-state index in [1.807, 2.05) is 48.5 Å². The van der Waals surface area contributed by atoms with Crippen molar-refractivity contribution in [2.45, 2.75) is 44.0 Å². The van der Waals surface area contributed by atoms with Gasteiger partial charge in [0.05, 0.1) is 17.1 Å². The van der Waals surface area contributed by atoms with E-state index < -0.39 is 10.0 Å². The number of sulfonamides is 1. The molecular weight excluding hydrogens is 358 g/mol. The molecule has 140 valence electrons. The minimum Gasteiger partial charge on any atom is -0.236 e. The summed E-state index contributed by atoms with van der Waals surface area (Å²) in [7, 11) is -3.68. The predicted octanol–water partition coefficient (Wildman–Crippen LogP) is 3.85. The molecule has 3 aromatic rings. The molecule has 0 bridgehead atoms. The van der Waals surface area contributed by atoms with Gasteiger partial charge in [-0.2, -0.15) is 5.10 Å². The lowest BCUT2D eigenvalue weighted by atomic mass is 9.88. The van der Waals surface area contributed by atoms with Crippen molar-refractivity contribution >= 4 is 10.0 Å². The first-order chi connectivity index (χ1) is 13.0. The molecule has 1 atom stereocenters. The molecule has 2 aromatic carbocycles. The van der Waals surface area contributed by atoms with E-state index in [2.05, 4.69) is 15.9 Å². The SMILES string of the molecule is Cc1nn(-c2ccccc2)c(C)c1S(=O)(=O)NC1CCCc2ccccc21. The zero-order chi connectivity index (χ0) is 19.0. The average molecular weight is 382 g/mol. The number of benzene rings is 2. The Morgan fingerprint density at radius 2 is 1.74 bits per heavy atom. The van der Waals surface area contributed by atoms with Crippen LogP contribution in [0.5, 0.6) is 0 Å². The molecule has 0 spiro atoms. The van der Waals surface area contributed by atoms with E-state index in [-0.39, 0.29) is 10.9 Å². The molecule has 0 amide bonds. The van der Waals surface area contributed by atoms with Crippen LogP contribution >= 0.6 is 0 Å². The fourth-order valence-corrected chi connectivity index (χ4v) is 5.60. The highest BCUT2D eigenvalue weighted by Gasteiger charge is 2.30. The molecule has 1 aliphatic rings. The second kappa shape index (κ2) is 6.94. The first-order valence-corrected chi connectivity index (χ1v) is 10.7. The summed E-state index contributed by atoms with van der Waals surface area (Å²) >= 11 is 0. The first-order valence-electron chi connectivity index (χ1n) is 9.19. The second-order valence-corrected chi connectivity index (χ2v) is 8.66. The Kier molecular flexibility index (Phi) is 4.61. The molecule has 0 saturated heterocycles. The van der Waals surface area contributed by atoms with E-state index >= 15 is 0 Å². The number of hydrogen-bond donors (Lipinski definition) is 1. The van der Waals surface area contributed by atoms with Crippen LogP contribution in [-0.4, -0.2) is 18.2 Å². The normalized spacial score (nSPS) is 16.9. The van der Waals surface area contributed by atoms with Crippen LogP contribution in [0.15, 0.2) is 59.5 Å². The van der Waals surface area contributed by atoms with E-state index in [1.165, 1.54) is 5.56 Å². The molecular formula is C21H23N3O2S. The summed E-state index contributed by atoms with van der Waals surface area (Å²) in [6, 6.07) is 17.5. The molecule has 1 heterocycles. The van der Waals surface area contributed by atoms with Crippen LogP contribution in [-0.2, 0) is 16.4 Å². The van der Waals surface area contributed by atoms with Crippen molar-refractivity contribution in [3.05, 3.63) is 77.1 Å². The van der Waals surface area contributed by atoms with Gasteiger partial charge in [-0.1, -0.05) is 42.5 Å². The third kappa shape index (κ3) is 3.31. The number of aryl methyl sites for hydroxylation is 2. The Hall–Kier alpha value is -2.44. The van der Waals surface area contributed by atoms with Gasteiger partial charge in [0.25, 0.3) is 0 Å². The van der Waals surface area contributed by atoms with Gasteiger partial charge in [-0.3, -0.25) is 0 Å². The van der Waals surface area contributed by atoms with Gasteiger partial charge < -0.3 is 0 Å². The standard InChI is InChI=1S/C21H23N3O2S/c1-15-21(16(2)24(22-15)18-11-4-3-5-12-18)27(25,26)23-20-14-8-10-17-9-6-7-13-19(17)20/h3-7,9,11-13,20,23H,8,10,14H2,1-2H3. The fraction of sp³-hybridized carbons (Fsp3) is 0.286. The van der Waals surface area contributed by atoms with E-state index in [0.29, 0.717) is 11.4 Å². The molecule has 4 rings (SSSR count). The smallest absolute Gasteiger partial charge is 0.236 e. The number of aromatic nitrogens is 2. The van der Waals surface area contributed by atoms with Crippen LogP contribution in [0, 0.1) is 13.8 Å². The third-order valence-electron chi connectivity index (χ3n) is 5.16. The minimum atomic E-state index is -3.68. The van der Waals surface area contributed by atoms with Crippen LogP contribution in [0.25, 0.3) is 5.69 Å². The van der Waals surface area contributed by atoms with E-state index in [0.717, 1.165) is 30.5 Å². The van der Waals surface area contributed by atoms with Crippen LogP contribution in [0.2, 0.25) is 0 Å². The Labute approximate surface area is 160 Å². The molecule has 6 heteroatoms. The summed E-state index contributed by atoms with van der Waals surface area (Å²) in [5.74, 6) is 0. The number of rotatable bonds is 4. The van der Waals surface area contributed by atoms with Gasteiger partial charge in [-0.25, -0.2) is 17.8 Å². The van der Waals surface area contributed by atoms with Crippen LogP contribution in [0.3, 0.4) is 0 Å². The molecule has 1 unspecified atom stereocenters. The quantitative estimate of drug-likeness (QED) is 0.747. The topological polar surface area (TPSA) is 64.0 Å². The van der Waals surface area contributed by atoms with Gasteiger partial charge in [-0.05, 0) is 56.4 Å². The van der Waals surface area contributed by atoms with Crippen LogP contribution in [0.1, 0.15) is 41.4 Å². The van der Waals surface area contributed by atoms with E-state index in [9.17, 15) is 8.42 Å². The molecule has 0 fully saturated rings. The monoisotopic (exact) mass is 381 g/mol. The highest BCUT2D eigenvalue weighted by Crippen LogP contribution is 2.32. The third-order valence-corrected chi connectivity index (χ3v) is 6.88. The summed E-state index contributed by atoms with van der Waals surface area (Å²) in [5.41, 5.74) is 4.29. The van der Waals surface area contributed by atoms with Gasteiger partial charge in [0.1, 0.15) is 4.90 Å². The first kappa shape index (κ1) is 17.9. The van der Waals surface area contributed by atoms with Gasteiger partial charge in [0.15, 0.2) is 0 Å². The lowest BCUT2D eigenvalue weighted by molar-refractivity contribution is 0.507. The predicted molar refractivity (Wildman–Crippen MR) is 105 cm³/mol. The molecule has 5 nitrogen and oxygen atoms in total. The van der Waals surface area contributed by atoms with Gasteiger partial charge in [0, 0.05) is 6.04 Å². The van der Waals surface area contributed by atoms with Gasteiger partial charge in [0.2, 0.25) is 10.0 Å². The number of para-hydroxylation sites is 1. The number of fused-ring (bicyclic) bond motifs is 1.